The highest BCUT2D eigenvalue weighted by molar-refractivity contribution is 5.92. The third kappa shape index (κ3) is 8.32. The van der Waals surface area contributed by atoms with Crippen molar-refractivity contribution < 1.29 is 14.3 Å². The van der Waals surface area contributed by atoms with E-state index in [9.17, 15) is 9.59 Å². The summed E-state index contributed by atoms with van der Waals surface area (Å²) in [5, 5.41) is 2.92. The second kappa shape index (κ2) is 11.9. The molecule has 0 aliphatic carbocycles. The Hall–Kier alpha value is -2.12. The molecule has 1 N–H and O–H groups in total. The van der Waals surface area contributed by atoms with Crippen molar-refractivity contribution in [1.82, 2.24) is 9.80 Å². The second-order valence-corrected chi connectivity index (χ2v) is 8.95. The van der Waals surface area contributed by atoms with E-state index in [1.165, 1.54) is 0 Å². The minimum absolute atomic E-state index is 0.0718. The van der Waals surface area contributed by atoms with Crippen LogP contribution in [0.25, 0.3) is 0 Å². The van der Waals surface area contributed by atoms with Gasteiger partial charge < -0.3 is 19.9 Å². The van der Waals surface area contributed by atoms with Crippen LogP contribution < -0.4 is 10.2 Å². The van der Waals surface area contributed by atoms with Crippen molar-refractivity contribution in [2.75, 3.05) is 69.7 Å². The van der Waals surface area contributed by atoms with Gasteiger partial charge in [-0.2, -0.15) is 0 Å². The van der Waals surface area contributed by atoms with Crippen molar-refractivity contribution in [3.63, 3.8) is 0 Å². The van der Waals surface area contributed by atoms with Crippen molar-refractivity contribution in [3.8, 4) is 0 Å². The normalized spacial score (nSPS) is 14.5. The second-order valence-electron chi connectivity index (χ2n) is 8.95. The number of carbonyl (C=O) groups excluding carboxylic acids is 2. The van der Waals surface area contributed by atoms with Gasteiger partial charge in [0.15, 0.2) is 0 Å². The van der Waals surface area contributed by atoms with Crippen molar-refractivity contribution in [3.05, 3.63) is 24.3 Å². The number of nitrogens with zero attached hydrogens (tertiary/aromatic N) is 3. The Kier molecular flexibility index (Phi) is 9.59. The maximum absolute atomic E-state index is 12.7. The van der Waals surface area contributed by atoms with E-state index in [2.05, 4.69) is 37.9 Å². The number of amides is 2. The van der Waals surface area contributed by atoms with Gasteiger partial charge in [-0.15, -0.1) is 0 Å². The molecule has 30 heavy (non-hydrogen) atoms. The summed E-state index contributed by atoms with van der Waals surface area (Å²) in [5.41, 5.74) is 1.90. The van der Waals surface area contributed by atoms with Crippen LogP contribution in [0.15, 0.2) is 24.3 Å². The molecule has 1 aliphatic rings. The van der Waals surface area contributed by atoms with E-state index in [0.717, 1.165) is 50.8 Å². The molecule has 2 amide bonds. The number of hydrogen-bond donors (Lipinski definition) is 1. The summed E-state index contributed by atoms with van der Waals surface area (Å²) in [5.74, 6) is 0.787. The minimum Gasteiger partial charge on any atom is -0.378 e. The van der Waals surface area contributed by atoms with Gasteiger partial charge in [-0.1, -0.05) is 27.7 Å². The number of hydrogen-bond acceptors (Lipinski definition) is 5. The molecule has 0 unspecified atom stereocenters. The SMILES string of the molecule is CC(C)CN(CC(C)C)C(=O)CN(C)CC(=O)Nc1ccc(N2CCOCC2)cc1. The molecule has 0 radical (unpaired) electrons. The molecule has 1 aromatic carbocycles. The number of likely N-dealkylation sites (N-methyl/N-ethyl adjacent to an activating group) is 1. The number of rotatable bonds is 10. The number of carbonyl (C=O) groups is 2. The van der Waals surface area contributed by atoms with Crippen LogP contribution in [0, 0.1) is 11.8 Å². The molecule has 168 valence electrons. The van der Waals surface area contributed by atoms with E-state index in [1.807, 2.05) is 36.2 Å². The highest BCUT2D eigenvalue weighted by Crippen LogP contribution is 2.19. The molecule has 1 fully saturated rings. The molecule has 0 saturated carbocycles. The van der Waals surface area contributed by atoms with Crippen LogP contribution in [0.4, 0.5) is 11.4 Å². The Labute approximate surface area is 181 Å². The van der Waals surface area contributed by atoms with Gasteiger partial charge in [-0.3, -0.25) is 14.5 Å². The molecule has 0 spiro atoms. The summed E-state index contributed by atoms with van der Waals surface area (Å²) in [6, 6.07) is 7.87. The topological polar surface area (TPSA) is 65.1 Å². The number of morpholine rings is 1. The summed E-state index contributed by atoms with van der Waals surface area (Å²) in [4.78, 5) is 31.1. The zero-order chi connectivity index (χ0) is 22.1. The number of ether oxygens (including phenoxy) is 1. The van der Waals surface area contributed by atoms with E-state index in [4.69, 9.17) is 4.74 Å². The summed E-state index contributed by atoms with van der Waals surface area (Å²) in [6.45, 7) is 13.6. The predicted molar refractivity (Wildman–Crippen MR) is 122 cm³/mol. The van der Waals surface area contributed by atoms with E-state index in [0.29, 0.717) is 11.8 Å². The van der Waals surface area contributed by atoms with E-state index in [-0.39, 0.29) is 24.9 Å². The lowest BCUT2D eigenvalue weighted by Gasteiger charge is -2.29. The Morgan fingerprint density at radius 3 is 2.10 bits per heavy atom. The molecule has 2 rings (SSSR count). The van der Waals surface area contributed by atoms with Gasteiger partial charge in [-0.25, -0.2) is 0 Å². The van der Waals surface area contributed by atoms with Gasteiger partial charge >= 0.3 is 0 Å². The largest absolute Gasteiger partial charge is 0.378 e. The van der Waals surface area contributed by atoms with E-state index in [1.54, 1.807) is 4.90 Å². The molecule has 7 heteroatoms. The summed E-state index contributed by atoms with van der Waals surface area (Å²) >= 11 is 0. The lowest BCUT2D eigenvalue weighted by Crippen LogP contribution is -2.44. The van der Waals surface area contributed by atoms with Crippen molar-refractivity contribution in [2.24, 2.45) is 11.8 Å². The number of benzene rings is 1. The average molecular weight is 419 g/mol. The third-order valence-electron chi connectivity index (χ3n) is 4.87. The van der Waals surface area contributed by atoms with E-state index >= 15 is 0 Å². The molecular weight excluding hydrogens is 380 g/mol. The van der Waals surface area contributed by atoms with Gasteiger partial charge in [0.25, 0.3) is 0 Å². The Bertz CT molecular complexity index is 660. The van der Waals surface area contributed by atoms with Gasteiger partial charge in [-0.05, 0) is 43.1 Å². The van der Waals surface area contributed by atoms with Gasteiger partial charge in [0, 0.05) is 37.6 Å². The maximum Gasteiger partial charge on any atom is 0.238 e. The third-order valence-corrected chi connectivity index (χ3v) is 4.87. The van der Waals surface area contributed by atoms with Crippen LogP contribution in [0.1, 0.15) is 27.7 Å². The molecule has 1 aliphatic heterocycles. The van der Waals surface area contributed by atoms with Crippen LogP contribution in [-0.4, -0.2) is 81.1 Å². The van der Waals surface area contributed by atoms with Crippen LogP contribution in [0.3, 0.4) is 0 Å². The van der Waals surface area contributed by atoms with E-state index < -0.39 is 0 Å². The molecule has 1 aromatic rings. The van der Waals surface area contributed by atoms with Crippen LogP contribution in [0.5, 0.6) is 0 Å². The van der Waals surface area contributed by atoms with Crippen LogP contribution in [0.2, 0.25) is 0 Å². The zero-order valence-electron chi connectivity index (χ0n) is 19.2. The predicted octanol–water partition coefficient (Wildman–Crippen LogP) is 2.53. The van der Waals surface area contributed by atoms with Gasteiger partial charge in [0.05, 0.1) is 26.3 Å². The Morgan fingerprint density at radius 1 is 1.00 bits per heavy atom. The molecule has 0 aromatic heterocycles. The van der Waals surface area contributed by atoms with Crippen molar-refractivity contribution >= 4 is 23.2 Å². The Morgan fingerprint density at radius 2 is 1.57 bits per heavy atom. The molecule has 1 saturated heterocycles. The standard InChI is InChI=1S/C23H38N4O3/c1-18(2)14-27(15-19(3)4)23(29)17-25(5)16-22(28)24-20-6-8-21(9-7-20)26-10-12-30-13-11-26/h6-9,18-19H,10-17H2,1-5H3,(H,24,28). The number of anilines is 2. The fourth-order valence-electron chi connectivity index (χ4n) is 3.57. The average Bonchev–Trinajstić information content (AvgIpc) is 2.67. The first-order valence-corrected chi connectivity index (χ1v) is 10.9. The fraction of sp³-hybridized carbons (Fsp3) is 0.652. The van der Waals surface area contributed by atoms with Gasteiger partial charge in [0.2, 0.25) is 11.8 Å². The summed E-state index contributed by atoms with van der Waals surface area (Å²) in [7, 11) is 1.81. The number of nitrogens with one attached hydrogen (secondary N) is 1. The van der Waals surface area contributed by atoms with Crippen LogP contribution in [-0.2, 0) is 14.3 Å². The molecule has 1 heterocycles. The fourth-order valence-corrected chi connectivity index (χ4v) is 3.57. The lowest BCUT2D eigenvalue weighted by atomic mass is 10.1. The maximum atomic E-state index is 12.7. The zero-order valence-corrected chi connectivity index (χ0v) is 19.2. The highest BCUT2D eigenvalue weighted by atomic mass is 16.5. The van der Waals surface area contributed by atoms with Crippen molar-refractivity contribution in [1.29, 1.82) is 0 Å². The first-order chi connectivity index (χ1) is 14.2. The first kappa shape index (κ1) is 24.2. The first-order valence-electron chi connectivity index (χ1n) is 10.9. The minimum atomic E-state index is -0.122. The monoisotopic (exact) mass is 418 g/mol. The summed E-state index contributed by atoms with van der Waals surface area (Å²) < 4.78 is 5.38. The van der Waals surface area contributed by atoms with Gasteiger partial charge in [0.1, 0.15) is 0 Å². The molecule has 0 atom stereocenters. The molecular formula is C23H38N4O3. The molecule has 0 bridgehead atoms. The van der Waals surface area contributed by atoms with Crippen LogP contribution >= 0.6 is 0 Å². The molecule has 7 nitrogen and oxygen atoms in total. The highest BCUT2D eigenvalue weighted by Gasteiger charge is 2.19. The lowest BCUT2D eigenvalue weighted by molar-refractivity contribution is -0.133. The van der Waals surface area contributed by atoms with Crippen molar-refractivity contribution in [2.45, 2.75) is 27.7 Å². The quantitative estimate of drug-likeness (QED) is 0.633. The summed E-state index contributed by atoms with van der Waals surface area (Å²) in [6.07, 6.45) is 0. The Balaban J connectivity index is 1.82. The smallest absolute Gasteiger partial charge is 0.238 e.